The van der Waals surface area contributed by atoms with Gasteiger partial charge in [-0.2, -0.15) is 0 Å². The number of nitrogens with zero attached hydrogens (tertiary/aromatic N) is 1. The molecule has 1 saturated carbocycles. The Morgan fingerprint density at radius 1 is 1.16 bits per heavy atom. The zero-order valence-electron chi connectivity index (χ0n) is 12.3. The molecule has 0 amide bonds. The van der Waals surface area contributed by atoms with Gasteiger partial charge in [0.15, 0.2) is 0 Å². The molecular formula is C14H28N2O2S. The first kappa shape index (κ1) is 15.3. The first-order valence-electron chi connectivity index (χ1n) is 7.63. The van der Waals surface area contributed by atoms with E-state index in [-0.39, 0.29) is 0 Å². The molecule has 1 aliphatic heterocycles. The summed E-state index contributed by atoms with van der Waals surface area (Å²) in [6.07, 6.45) is 8.70. The van der Waals surface area contributed by atoms with E-state index in [0.29, 0.717) is 19.1 Å². The second-order valence-corrected chi connectivity index (χ2v) is 8.46. The van der Waals surface area contributed by atoms with E-state index < -0.39 is 10.0 Å². The van der Waals surface area contributed by atoms with Gasteiger partial charge in [0.05, 0.1) is 6.26 Å². The molecule has 0 aromatic carbocycles. The van der Waals surface area contributed by atoms with Crippen molar-refractivity contribution in [2.45, 2.75) is 51.5 Å². The van der Waals surface area contributed by atoms with Crippen LogP contribution >= 0.6 is 0 Å². The molecule has 0 spiro atoms. The van der Waals surface area contributed by atoms with Gasteiger partial charge in [0.25, 0.3) is 0 Å². The summed E-state index contributed by atoms with van der Waals surface area (Å²) in [6.45, 7) is 4.83. The van der Waals surface area contributed by atoms with Crippen LogP contribution in [0.15, 0.2) is 0 Å². The molecule has 19 heavy (non-hydrogen) atoms. The average molecular weight is 288 g/mol. The van der Waals surface area contributed by atoms with Crippen molar-refractivity contribution < 1.29 is 8.42 Å². The van der Waals surface area contributed by atoms with Crippen LogP contribution in [-0.2, 0) is 10.0 Å². The van der Waals surface area contributed by atoms with Crippen molar-refractivity contribution >= 4 is 10.0 Å². The molecule has 1 heterocycles. The van der Waals surface area contributed by atoms with Gasteiger partial charge in [-0.25, -0.2) is 12.7 Å². The number of hydrogen-bond acceptors (Lipinski definition) is 3. The fraction of sp³-hybridized carbons (Fsp3) is 1.00. The lowest BCUT2D eigenvalue weighted by atomic mass is 9.82. The lowest BCUT2D eigenvalue weighted by Gasteiger charge is -2.33. The summed E-state index contributed by atoms with van der Waals surface area (Å²) in [6, 6.07) is 0.509. The van der Waals surface area contributed by atoms with Crippen LogP contribution in [0.3, 0.4) is 0 Å². The predicted octanol–water partition coefficient (Wildman–Crippen LogP) is 1.83. The number of rotatable bonds is 4. The van der Waals surface area contributed by atoms with Crippen LogP contribution in [0.1, 0.15) is 45.4 Å². The minimum absolute atomic E-state index is 0.509. The molecule has 0 aromatic rings. The van der Waals surface area contributed by atoms with E-state index in [2.05, 4.69) is 12.2 Å². The Bertz CT molecular complexity index is 375. The Kier molecular flexibility index (Phi) is 5.26. The maximum absolute atomic E-state index is 11.4. The molecule has 0 bridgehead atoms. The highest BCUT2D eigenvalue weighted by atomic mass is 32.2. The Hall–Kier alpha value is -0.130. The van der Waals surface area contributed by atoms with Crippen LogP contribution in [0.2, 0.25) is 0 Å². The number of nitrogens with one attached hydrogen (secondary N) is 1. The third-order valence-corrected chi connectivity index (χ3v) is 5.97. The highest BCUT2D eigenvalue weighted by Crippen LogP contribution is 2.28. The van der Waals surface area contributed by atoms with Crippen molar-refractivity contribution in [1.82, 2.24) is 9.62 Å². The van der Waals surface area contributed by atoms with E-state index in [0.717, 1.165) is 31.2 Å². The summed E-state index contributed by atoms with van der Waals surface area (Å²) in [4.78, 5) is 0. The second kappa shape index (κ2) is 6.55. The summed E-state index contributed by atoms with van der Waals surface area (Å²) in [5.41, 5.74) is 0. The molecule has 0 radical (unpaired) electrons. The second-order valence-electron chi connectivity index (χ2n) is 6.48. The Balaban J connectivity index is 1.68. The largest absolute Gasteiger partial charge is 0.314 e. The topological polar surface area (TPSA) is 49.4 Å². The summed E-state index contributed by atoms with van der Waals surface area (Å²) in [7, 11) is -2.99. The average Bonchev–Trinajstić information content (AvgIpc) is 2.36. The standard InChI is InChI=1S/C14H28N2O2S/c1-12-4-3-5-13(10-12)11-15-14-6-8-16(9-7-14)19(2,17)18/h12-15H,3-11H2,1-2H3. The van der Waals surface area contributed by atoms with Crippen molar-refractivity contribution in [3.63, 3.8) is 0 Å². The van der Waals surface area contributed by atoms with Gasteiger partial charge in [-0.1, -0.05) is 19.8 Å². The smallest absolute Gasteiger partial charge is 0.211 e. The van der Waals surface area contributed by atoms with E-state index in [9.17, 15) is 8.42 Å². The molecule has 0 aromatic heterocycles. The molecule has 112 valence electrons. The lowest BCUT2D eigenvalue weighted by Crippen LogP contribution is -2.45. The third kappa shape index (κ3) is 4.72. The van der Waals surface area contributed by atoms with Crippen LogP contribution in [0.25, 0.3) is 0 Å². The van der Waals surface area contributed by atoms with E-state index in [4.69, 9.17) is 0 Å². The summed E-state index contributed by atoms with van der Waals surface area (Å²) >= 11 is 0. The van der Waals surface area contributed by atoms with Gasteiger partial charge in [-0.15, -0.1) is 0 Å². The highest BCUT2D eigenvalue weighted by Gasteiger charge is 2.25. The van der Waals surface area contributed by atoms with Gasteiger partial charge in [0.1, 0.15) is 0 Å². The predicted molar refractivity (Wildman–Crippen MR) is 78.6 cm³/mol. The normalized spacial score (nSPS) is 31.5. The molecular weight excluding hydrogens is 260 g/mol. The Labute approximate surface area is 118 Å². The Morgan fingerprint density at radius 3 is 2.42 bits per heavy atom. The SMILES string of the molecule is CC1CCCC(CNC2CCN(S(C)(=O)=O)CC2)C1. The van der Waals surface area contributed by atoms with Gasteiger partial charge < -0.3 is 5.32 Å². The van der Waals surface area contributed by atoms with Crippen molar-refractivity contribution in [2.75, 3.05) is 25.9 Å². The van der Waals surface area contributed by atoms with E-state index in [1.54, 1.807) is 4.31 Å². The van der Waals surface area contributed by atoms with E-state index in [1.807, 2.05) is 0 Å². The first-order valence-corrected chi connectivity index (χ1v) is 9.48. The fourth-order valence-corrected chi connectivity index (χ4v) is 4.34. The molecule has 1 saturated heterocycles. The number of hydrogen-bond donors (Lipinski definition) is 1. The Morgan fingerprint density at radius 2 is 1.84 bits per heavy atom. The first-order chi connectivity index (χ1) is 8.95. The molecule has 2 unspecified atom stereocenters. The molecule has 2 rings (SSSR count). The highest BCUT2D eigenvalue weighted by molar-refractivity contribution is 7.88. The van der Waals surface area contributed by atoms with Gasteiger partial charge in [0.2, 0.25) is 10.0 Å². The van der Waals surface area contributed by atoms with Gasteiger partial charge in [-0.05, 0) is 44.1 Å². The number of piperidine rings is 1. The molecule has 1 aliphatic carbocycles. The summed E-state index contributed by atoms with van der Waals surface area (Å²) < 4.78 is 24.5. The van der Waals surface area contributed by atoms with Crippen molar-refractivity contribution in [1.29, 1.82) is 0 Å². The van der Waals surface area contributed by atoms with Crippen molar-refractivity contribution in [2.24, 2.45) is 11.8 Å². The quantitative estimate of drug-likeness (QED) is 0.858. The molecule has 2 aliphatic rings. The van der Waals surface area contributed by atoms with Crippen molar-refractivity contribution in [3.8, 4) is 0 Å². The van der Waals surface area contributed by atoms with Crippen LogP contribution in [0.5, 0.6) is 0 Å². The van der Waals surface area contributed by atoms with Crippen LogP contribution < -0.4 is 5.32 Å². The molecule has 4 nitrogen and oxygen atoms in total. The minimum atomic E-state index is -2.99. The molecule has 5 heteroatoms. The van der Waals surface area contributed by atoms with E-state index >= 15 is 0 Å². The van der Waals surface area contributed by atoms with E-state index in [1.165, 1.54) is 31.9 Å². The zero-order valence-corrected chi connectivity index (χ0v) is 13.1. The minimum Gasteiger partial charge on any atom is -0.314 e. The maximum Gasteiger partial charge on any atom is 0.211 e. The van der Waals surface area contributed by atoms with Gasteiger partial charge in [0, 0.05) is 19.1 Å². The monoisotopic (exact) mass is 288 g/mol. The van der Waals surface area contributed by atoms with Gasteiger partial charge >= 0.3 is 0 Å². The fourth-order valence-electron chi connectivity index (χ4n) is 3.47. The lowest BCUT2D eigenvalue weighted by molar-refractivity contribution is 0.241. The molecule has 1 N–H and O–H groups in total. The van der Waals surface area contributed by atoms with Gasteiger partial charge in [-0.3, -0.25) is 0 Å². The van der Waals surface area contributed by atoms with Crippen molar-refractivity contribution in [3.05, 3.63) is 0 Å². The summed E-state index contributed by atoms with van der Waals surface area (Å²) in [5.74, 6) is 1.71. The maximum atomic E-state index is 11.4. The zero-order chi connectivity index (χ0) is 13.9. The third-order valence-electron chi connectivity index (χ3n) is 4.66. The van der Waals surface area contributed by atoms with Crippen LogP contribution in [-0.4, -0.2) is 44.7 Å². The number of sulfonamides is 1. The van der Waals surface area contributed by atoms with Crippen LogP contribution in [0, 0.1) is 11.8 Å². The summed E-state index contributed by atoms with van der Waals surface area (Å²) in [5, 5.41) is 3.66. The van der Waals surface area contributed by atoms with Crippen LogP contribution in [0.4, 0.5) is 0 Å². The molecule has 2 atom stereocenters. The molecule has 2 fully saturated rings.